The minimum Gasteiger partial charge on any atom is -0.512 e. The van der Waals surface area contributed by atoms with Crippen molar-refractivity contribution in [1.82, 2.24) is 0 Å². The summed E-state index contributed by atoms with van der Waals surface area (Å²) in [5.41, 5.74) is 1.00. The van der Waals surface area contributed by atoms with Crippen LogP contribution in [0.3, 0.4) is 0 Å². The predicted octanol–water partition coefficient (Wildman–Crippen LogP) is 1.78. The summed E-state index contributed by atoms with van der Waals surface area (Å²) >= 11 is 0. The summed E-state index contributed by atoms with van der Waals surface area (Å²) in [5.74, 6) is 0.514. The second-order valence-corrected chi connectivity index (χ2v) is 1.74. The monoisotopic (exact) mass is 186 g/mol. The van der Waals surface area contributed by atoms with E-state index in [-0.39, 0.29) is 26.2 Å². The van der Waals surface area contributed by atoms with Gasteiger partial charge in [-0.15, -0.1) is 0 Å². The van der Waals surface area contributed by atoms with Crippen LogP contribution in [0.15, 0.2) is 23.5 Å². The summed E-state index contributed by atoms with van der Waals surface area (Å²) < 4.78 is 0. The van der Waals surface area contributed by atoms with Crippen LogP contribution in [0.1, 0.15) is 13.3 Å². The summed E-state index contributed by atoms with van der Waals surface area (Å²) in [4.78, 5) is 0. The Kier molecular flexibility index (Phi) is 3.31. The van der Waals surface area contributed by atoms with Gasteiger partial charge in [0.2, 0.25) is 0 Å². The van der Waals surface area contributed by atoms with Gasteiger partial charge >= 0.3 is 0 Å². The van der Waals surface area contributed by atoms with Crippen LogP contribution in [-0.2, 0) is 26.2 Å². The van der Waals surface area contributed by atoms with Crippen LogP contribution in [-0.4, -0.2) is 5.11 Å². The van der Waals surface area contributed by atoms with Crippen molar-refractivity contribution in [1.29, 1.82) is 0 Å². The van der Waals surface area contributed by atoms with Gasteiger partial charge in [0.1, 0.15) is 0 Å². The molecule has 0 heterocycles. The summed E-state index contributed by atoms with van der Waals surface area (Å²) in [6.45, 7) is 1.90. The van der Waals surface area contributed by atoms with Crippen molar-refractivity contribution in [2.45, 2.75) is 13.3 Å². The topological polar surface area (TPSA) is 20.2 Å². The van der Waals surface area contributed by atoms with Gasteiger partial charge in [-0.05, 0) is 12.5 Å². The van der Waals surface area contributed by atoms with E-state index in [0.29, 0.717) is 5.76 Å². The van der Waals surface area contributed by atoms with E-state index in [0.717, 1.165) is 12.0 Å². The third-order valence-electron chi connectivity index (χ3n) is 1.13. The quantitative estimate of drug-likeness (QED) is 0.613. The minimum atomic E-state index is 0. The van der Waals surface area contributed by atoms with Crippen LogP contribution in [0.2, 0.25) is 0 Å². The molecule has 0 fully saturated rings. The van der Waals surface area contributed by atoms with Crippen molar-refractivity contribution in [3.8, 4) is 0 Å². The molecule has 1 nitrogen and oxygen atoms in total. The molecule has 0 saturated carbocycles. The van der Waals surface area contributed by atoms with Gasteiger partial charge in [0, 0.05) is 32.6 Å². The molecule has 0 aromatic carbocycles. The average Bonchev–Trinajstić information content (AvgIpc) is 1.91. The van der Waals surface area contributed by atoms with E-state index in [1.54, 1.807) is 0 Å². The first-order chi connectivity index (χ1) is 3.30. The van der Waals surface area contributed by atoms with E-state index in [2.05, 4.69) is 0 Å². The van der Waals surface area contributed by atoms with Gasteiger partial charge in [0.25, 0.3) is 0 Å². The van der Waals surface area contributed by atoms with E-state index in [1.807, 2.05) is 19.1 Å². The largest absolute Gasteiger partial charge is 0.512 e. The fourth-order valence-electron chi connectivity index (χ4n) is 0.605. The zero-order chi connectivity index (χ0) is 5.28. The second kappa shape index (κ2) is 3.24. The Balaban J connectivity index is 0.000000490. The van der Waals surface area contributed by atoms with Crippen LogP contribution in [0.4, 0.5) is 0 Å². The van der Waals surface area contributed by atoms with Crippen molar-refractivity contribution in [2.24, 2.45) is 0 Å². The Morgan fingerprint density at radius 3 is 2.38 bits per heavy atom. The number of hydrogen-bond acceptors (Lipinski definition) is 1. The van der Waals surface area contributed by atoms with Crippen LogP contribution in [0.5, 0.6) is 0 Å². The zero-order valence-corrected chi connectivity index (χ0v) is 7.27. The third-order valence-corrected chi connectivity index (χ3v) is 1.13. The summed E-state index contributed by atoms with van der Waals surface area (Å²) in [6.07, 6.45) is 4.60. The summed E-state index contributed by atoms with van der Waals surface area (Å²) in [7, 11) is 0. The molecule has 1 N–H and O–H groups in total. The van der Waals surface area contributed by atoms with Crippen LogP contribution < -0.4 is 0 Å². The molecule has 0 spiro atoms. The SMILES string of the molecule is CC1=C(O)CC=C1.[Zr]. The van der Waals surface area contributed by atoms with Crippen molar-refractivity contribution in [3.63, 3.8) is 0 Å². The maximum Gasteiger partial charge on any atom is 0.0989 e. The fraction of sp³-hybridized carbons (Fsp3) is 0.333. The number of aliphatic hydroxyl groups is 1. The molecule has 0 aromatic rings. The van der Waals surface area contributed by atoms with E-state index < -0.39 is 0 Å². The van der Waals surface area contributed by atoms with Crippen molar-refractivity contribution < 1.29 is 31.3 Å². The van der Waals surface area contributed by atoms with Gasteiger partial charge in [0.15, 0.2) is 0 Å². The molecule has 0 atom stereocenters. The number of aliphatic hydroxyl groups excluding tert-OH is 1. The zero-order valence-electron chi connectivity index (χ0n) is 4.81. The molecule has 0 unspecified atom stereocenters. The fourth-order valence-corrected chi connectivity index (χ4v) is 0.605. The normalized spacial score (nSPS) is 16.6. The maximum absolute atomic E-state index is 8.81. The number of hydrogen-bond donors (Lipinski definition) is 1. The van der Waals surface area contributed by atoms with Crippen LogP contribution in [0, 0.1) is 0 Å². The molecule has 2 heteroatoms. The number of rotatable bonds is 0. The minimum absolute atomic E-state index is 0. The molecule has 8 heavy (non-hydrogen) atoms. The molecular formula is C6H8OZr. The standard InChI is InChI=1S/C6H8O.Zr/c1-5-3-2-4-6(5)7;/h2-3,7H,4H2,1H3;. The number of allylic oxidation sites excluding steroid dienone is 3. The van der Waals surface area contributed by atoms with E-state index in [1.165, 1.54) is 0 Å². The van der Waals surface area contributed by atoms with E-state index in [9.17, 15) is 0 Å². The van der Waals surface area contributed by atoms with Gasteiger partial charge in [-0.2, -0.15) is 0 Å². The average molecular weight is 187 g/mol. The van der Waals surface area contributed by atoms with Gasteiger partial charge in [0.05, 0.1) is 5.76 Å². The molecule has 0 aromatic heterocycles. The maximum atomic E-state index is 8.81. The molecule has 1 rings (SSSR count). The first-order valence-corrected chi connectivity index (χ1v) is 2.36. The Morgan fingerprint density at radius 1 is 1.62 bits per heavy atom. The first kappa shape index (κ1) is 8.16. The molecule has 0 amide bonds. The Hall–Kier alpha value is 0.163. The van der Waals surface area contributed by atoms with Gasteiger partial charge < -0.3 is 5.11 Å². The molecular weight excluding hydrogens is 179 g/mol. The van der Waals surface area contributed by atoms with Crippen molar-refractivity contribution in [3.05, 3.63) is 23.5 Å². The molecule has 1 aliphatic carbocycles. The molecule has 0 radical (unpaired) electrons. The summed E-state index contributed by atoms with van der Waals surface area (Å²) in [6, 6.07) is 0. The predicted molar refractivity (Wildman–Crippen MR) is 29.1 cm³/mol. The van der Waals surface area contributed by atoms with Gasteiger partial charge in [-0.1, -0.05) is 12.2 Å². The molecule has 0 bridgehead atoms. The molecule has 0 saturated heterocycles. The Labute approximate surface area is 68.2 Å². The van der Waals surface area contributed by atoms with Crippen molar-refractivity contribution in [2.75, 3.05) is 0 Å². The Bertz CT molecular complexity index is 135. The molecule has 0 aliphatic heterocycles. The molecule has 1 aliphatic rings. The van der Waals surface area contributed by atoms with Gasteiger partial charge in [-0.25, -0.2) is 0 Å². The second-order valence-electron chi connectivity index (χ2n) is 1.74. The van der Waals surface area contributed by atoms with E-state index >= 15 is 0 Å². The Morgan fingerprint density at radius 2 is 2.25 bits per heavy atom. The molecule has 42 valence electrons. The van der Waals surface area contributed by atoms with Crippen molar-refractivity contribution >= 4 is 0 Å². The van der Waals surface area contributed by atoms with Crippen LogP contribution in [0.25, 0.3) is 0 Å². The van der Waals surface area contributed by atoms with Crippen LogP contribution >= 0.6 is 0 Å². The summed E-state index contributed by atoms with van der Waals surface area (Å²) in [5, 5.41) is 8.81. The van der Waals surface area contributed by atoms with Gasteiger partial charge in [-0.3, -0.25) is 0 Å². The first-order valence-electron chi connectivity index (χ1n) is 2.36. The smallest absolute Gasteiger partial charge is 0.0989 e. The van der Waals surface area contributed by atoms with E-state index in [4.69, 9.17) is 5.11 Å². The third kappa shape index (κ3) is 1.59.